The van der Waals surface area contributed by atoms with Crippen LogP contribution in [0.5, 0.6) is 0 Å². The van der Waals surface area contributed by atoms with E-state index in [2.05, 4.69) is 32.5 Å². The van der Waals surface area contributed by atoms with Crippen molar-refractivity contribution in [2.45, 2.75) is 58.0 Å². The fourth-order valence-corrected chi connectivity index (χ4v) is 4.96. The third-order valence-corrected chi connectivity index (χ3v) is 6.58. The molecule has 1 aromatic carbocycles. The van der Waals surface area contributed by atoms with Gasteiger partial charge < -0.3 is 26.8 Å². The Labute approximate surface area is 220 Å². The number of benzene rings is 1. The molecule has 1 aliphatic rings. The molecule has 1 amide bonds. The maximum Gasteiger partial charge on any atom is 0.254 e. The molecular formula is C28H33F2N7O. The van der Waals surface area contributed by atoms with Gasteiger partial charge >= 0.3 is 0 Å². The lowest BCUT2D eigenvalue weighted by atomic mass is 9.76. The predicted octanol–water partition coefficient (Wildman–Crippen LogP) is 5.28. The average molecular weight is 522 g/mol. The first-order valence-corrected chi connectivity index (χ1v) is 12.7. The van der Waals surface area contributed by atoms with Crippen LogP contribution in [0.4, 0.5) is 20.4 Å². The van der Waals surface area contributed by atoms with Crippen molar-refractivity contribution in [1.82, 2.24) is 20.3 Å². The van der Waals surface area contributed by atoms with Crippen molar-refractivity contribution in [1.29, 1.82) is 5.41 Å². The molecule has 1 saturated carbocycles. The predicted molar refractivity (Wildman–Crippen MR) is 145 cm³/mol. The number of nitrogens with zero attached hydrogens (tertiary/aromatic N) is 2. The van der Waals surface area contributed by atoms with Gasteiger partial charge in [0.05, 0.1) is 40.6 Å². The monoisotopic (exact) mass is 521 g/mol. The highest BCUT2D eigenvalue weighted by Crippen LogP contribution is 2.38. The Hall–Kier alpha value is -3.92. The molecule has 2 aromatic heterocycles. The molecule has 1 aliphatic carbocycles. The van der Waals surface area contributed by atoms with Crippen LogP contribution < -0.4 is 16.4 Å². The second-order valence-corrected chi connectivity index (χ2v) is 10.2. The Kier molecular flexibility index (Phi) is 8.31. The van der Waals surface area contributed by atoms with Crippen LogP contribution in [0.2, 0.25) is 0 Å². The highest BCUT2D eigenvalue weighted by molar-refractivity contribution is 6.10. The van der Waals surface area contributed by atoms with Crippen molar-refractivity contribution in [2.24, 2.45) is 11.7 Å². The molecule has 38 heavy (non-hydrogen) atoms. The maximum absolute atomic E-state index is 15.0. The molecule has 10 heteroatoms. The Morgan fingerprint density at radius 2 is 2.00 bits per heavy atom. The van der Waals surface area contributed by atoms with Crippen molar-refractivity contribution < 1.29 is 13.6 Å². The Morgan fingerprint density at radius 3 is 2.74 bits per heavy atom. The summed E-state index contributed by atoms with van der Waals surface area (Å²) >= 11 is 0. The lowest BCUT2D eigenvalue weighted by molar-refractivity contribution is 0.0939. The molecule has 2 heterocycles. The van der Waals surface area contributed by atoms with Gasteiger partial charge in [-0.3, -0.25) is 9.78 Å². The average Bonchev–Trinajstić information content (AvgIpc) is 3.29. The topological polar surface area (TPSA) is 133 Å². The molecule has 0 saturated heterocycles. The first-order chi connectivity index (χ1) is 18.1. The number of allylic oxidation sites excluding steroid dienone is 1. The van der Waals surface area contributed by atoms with E-state index in [9.17, 15) is 13.6 Å². The van der Waals surface area contributed by atoms with Gasteiger partial charge in [-0.05, 0) is 80.9 Å². The molecule has 4 rings (SSSR count). The summed E-state index contributed by atoms with van der Waals surface area (Å²) < 4.78 is 29.4. The summed E-state index contributed by atoms with van der Waals surface area (Å²) in [6.45, 7) is 5.69. The number of pyridine rings is 1. The summed E-state index contributed by atoms with van der Waals surface area (Å²) in [4.78, 5) is 23.9. The number of aromatic amines is 1. The molecule has 3 aromatic rings. The number of rotatable bonds is 8. The number of nitrogens with one attached hydrogen (secondary N) is 4. The van der Waals surface area contributed by atoms with Gasteiger partial charge in [0.25, 0.3) is 5.91 Å². The number of hydrogen-bond acceptors (Lipinski definition) is 6. The number of imidazole rings is 1. The zero-order chi connectivity index (χ0) is 27.4. The number of anilines is 2. The summed E-state index contributed by atoms with van der Waals surface area (Å²) in [5.41, 5.74) is 7.44. The number of carbonyl (C=O) groups excluding carboxylic acids is 1. The maximum atomic E-state index is 15.0. The van der Waals surface area contributed by atoms with E-state index in [0.717, 1.165) is 42.6 Å². The van der Waals surface area contributed by atoms with E-state index in [0.29, 0.717) is 23.5 Å². The molecule has 200 valence electrons. The van der Waals surface area contributed by atoms with E-state index in [1.807, 2.05) is 6.07 Å². The van der Waals surface area contributed by atoms with Gasteiger partial charge in [-0.2, -0.15) is 0 Å². The van der Waals surface area contributed by atoms with E-state index in [-0.39, 0.29) is 17.6 Å². The van der Waals surface area contributed by atoms with Gasteiger partial charge in [0.15, 0.2) is 0 Å². The lowest BCUT2D eigenvalue weighted by Crippen LogP contribution is -2.31. The first-order valence-electron chi connectivity index (χ1n) is 12.7. The highest BCUT2D eigenvalue weighted by Gasteiger charge is 2.27. The summed E-state index contributed by atoms with van der Waals surface area (Å²) in [7, 11) is 0. The van der Waals surface area contributed by atoms with Crippen LogP contribution >= 0.6 is 0 Å². The molecule has 8 nitrogen and oxygen atoms in total. The SMILES string of the molecule is CC1CC(N)CC(c2ccncc2Nc2ncc(/C=C\C(=N)c3c(F)ccc(C(=O)NC(C)C)c3F)[nH]2)C1. The van der Waals surface area contributed by atoms with Gasteiger partial charge in [0.2, 0.25) is 5.95 Å². The van der Waals surface area contributed by atoms with Crippen LogP contribution in [0.15, 0.2) is 42.9 Å². The molecule has 0 spiro atoms. The Morgan fingerprint density at radius 1 is 1.21 bits per heavy atom. The van der Waals surface area contributed by atoms with Gasteiger partial charge in [0.1, 0.15) is 11.6 Å². The van der Waals surface area contributed by atoms with E-state index in [4.69, 9.17) is 11.1 Å². The molecule has 3 atom stereocenters. The summed E-state index contributed by atoms with van der Waals surface area (Å²) in [6.07, 6.45) is 10.8. The number of amides is 1. The van der Waals surface area contributed by atoms with Gasteiger partial charge in [-0.1, -0.05) is 6.92 Å². The number of halogens is 2. The van der Waals surface area contributed by atoms with Crippen LogP contribution in [0.3, 0.4) is 0 Å². The normalized spacial score (nSPS) is 19.6. The summed E-state index contributed by atoms with van der Waals surface area (Å²) in [6, 6.07) is 4.01. The highest BCUT2D eigenvalue weighted by atomic mass is 19.1. The minimum atomic E-state index is -1.08. The third kappa shape index (κ3) is 6.31. The number of hydrogen-bond donors (Lipinski definition) is 5. The number of aromatic nitrogens is 3. The summed E-state index contributed by atoms with van der Waals surface area (Å²) in [5.74, 6) is -1.35. The lowest BCUT2D eigenvalue weighted by Gasteiger charge is -2.32. The molecule has 3 unspecified atom stereocenters. The summed E-state index contributed by atoms with van der Waals surface area (Å²) in [5, 5.41) is 14.1. The molecule has 1 fully saturated rings. The standard InChI is InChI=1S/C28H33F2N7O/c1-15(2)35-27(38)21-5-6-22(29)25(26(21)30)23(32)7-4-19-13-34-28(36-19)37-24-14-33-9-8-20(24)17-10-16(3)11-18(31)12-17/h4-9,13-18,32H,10-12,31H2,1-3H3,(H,35,38)(H2,34,36,37)/b7-4-,32-23?. The van der Waals surface area contributed by atoms with E-state index < -0.39 is 28.8 Å². The number of carbonyl (C=O) groups is 1. The van der Waals surface area contributed by atoms with Crippen LogP contribution in [0.1, 0.15) is 73.1 Å². The molecular weight excluding hydrogens is 488 g/mol. The van der Waals surface area contributed by atoms with Crippen molar-refractivity contribution in [3.63, 3.8) is 0 Å². The first kappa shape index (κ1) is 27.1. The molecule has 0 aliphatic heterocycles. The molecule has 0 radical (unpaired) electrons. The van der Waals surface area contributed by atoms with E-state index >= 15 is 0 Å². The van der Waals surface area contributed by atoms with Crippen LogP contribution in [0, 0.1) is 23.0 Å². The number of nitrogens with two attached hydrogens (primary N) is 1. The van der Waals surface area contributed by atoms with Crippen LogP contribution in [-0.2, 0) is 0 Å². The largest absolute Gasteiger partial charge is 0.350 e. The number of H-pyrrole nitrogens is 1. The molecule has 6 N–H and O–H groups in total. The fraction of sp³-hybridized carbons (Fsp3) is 0.357. The second-order valence-electron chi connectivity index (χ2n) is 10.2. The van der Waals surface area contributed by atoms with Crippen LogP contribution in [0.25, 0.3) is 6.08 Å². The van der Waals surface area contributed by atoms with Gasteiger partial charge in [-0.15, -0.1) is 0 Å². The quantitative estimate of drug-likeness (QED) is 0.257. The van der Waals surface area contributed by atoms with Gasteiger partial charge in [-0.25, -0.2) is 13.8 Å². The van der Waals surface area contributed by atoms with Crippen LogP contribution in [-0.4, -0.2) is 38.7 Å². The fourth-order valence-electron chi connectivity index (χ4n) is 4.96. The van der Waals surface area contributed by atoms with Crippen molar-refractivity contribution in [3.8, 4) is 0 Å². The third-order valence-electron chi connectivity index (χ3n) is 6.58. The zero-order valence-electron chi connectivity index (χ0n) is 21.7. The minimum absolute atomic E-state index is 0.167. The van der Waals surface area contributed by atoms with E-state index in [1.165, 1.54) is 12.2 Å². The van der Waals surface area contributed by atoms with E-state index in [1.54, 1.807) is 32.4 Å². The molecule has 0 bridgehead atoms. The van der Waals surface area contributed by atoms with Crippen molar-refractivity contribution in [2.75, 3.05) is 5.32 Å². The Balaban J connectivity index is 1.49. The van der Waals surface area contributed by atoms with Crippen molar-refractivity contribution >= 4 is 29.3 Å². The zero-order valence-corrected chi connectivity index (χ0v) is 21.7. The second kappa shape index (κ2) is 11.6. The smallest absolute Gasteiger partial charge is 0.254 e. The van der Waals surface area contributed by atoms with Gasteiger partial charge in [0, 0.05) is 18.3 Å². The van der Waals surface area contributed by atoms with Crippen molar-refractivity contribution in [3.05, 3.63) is 76.9 Å². The Bertz CT molecular complexity index is 1340. The minimum Gasteiger partial charge on any atom is -0.350 e.